The van der Waals surface area contributed by atoms with Crippen molar-refractivity contribution in [3.63, 3.8) is 0 Å². The summed E-state index contributed by atoms with van der Waals surface area (Å²) in [7, 11) is -3.29. The normalized spacial score (nSPS) is 18.8. The van der Waals surface area contributed by atoms with Crippen LogP contribution in [0.15, 0.2) is 15.7 Å². The smallest absolute Gasteiger partial charge is 0.252 e. The summed E-state index contributed by atoms with van der Waals surface area (Å²) in [6, 6.07) is 1.71. The molecule has 0 aromatic carbocycles. The fourth-order valence-electron chi connectivity index (χ4n) is 2.57. The van der Waals surface area contributed by atoms with Crippen molar-refractivity contribution in [1.82, 2.24) is 4.31 Å². The van der Waals surface area contributed by atoms with Gasteiger partial charge >= 0.3 is 0 Å². The molecule has 0 amide bonds. The van der Waals surface area contributed by atoms with Crippen LogP contribution in [0.4, 0.5) is 0 Å². The molecule has 2 heterocycles. The molecule has 2 rings (SSSR count). The third-order valence-corrected chi connectivity index (χ3v) is 7.09. The number of sulfonamides is 1. The predicted octanol–water partition coefficient (Wildman–Crippen LogP) is 2.41. The lowest BCUT2D eigenvalue weighted by Crippen LogP contribution is -2.38. The van der Waals surface area contributed by atoms with Crippen molar-refractivity contribution in [3.05, 3.63) is 17.0 Å². The monoisotopic (exact) mass is 302 g/mol. The lowest BCUT2D eigenvalue weighted by Gasteiger charge is -2.30. The first-order valence-corrected chi connectivity index (χ1v) is 9.17. The highest BCUT2D eigenvalue weighted by atomic mass is 32.2. The number of nitrogens with zero attached hydrogens (tertiary/aromatic N) is 1. The van der Waals surface area contributed by atoms with E-state index in [-0.39, 0.29) is 0 Å². The van der Waals surface area contributed by atoms with E-state index in [1.807, 2.05) is 5.38 Å². The van der Waals surface area contributed by atoms with Crippen LogP contribution in [0.3, 0.4) is 0 Å². The highest BCUT2D eigenvalue weighted by Crippen LogP contribution is 2.29. The van der Waals surface area contributed by atoms with Crippen LogP contribution < -0.4 is 5.73 Å². The molecular weight excluding hydrogens is 280 g/mol. The summed E-state index contributed by atoms with van der Waals surface area (Å²) in [4.78, 5) is 0. The second-order valence-electron chi connectivity index (χ2n) is 5.11. The molecule has 1 fully saturated rings. The molecule has 0 unspecified atom stereocenters. The minimum atomic E-state index is -3.29. The van der Waals surface area contributed by atoms with E-state index < -0.39 is 10.0 Å². The van der Waals surface area contributed by atoms with Gasteiger partial charge in [0.25, 0.3) is 10.0 Å². The molecule has 1 aliphatic rings. The van der Waals surface area contributed by atoms with Gasteiger partial charge in [-0.1, -0.05) is 19.8 Å². The van der Waals surface area contributed by atoms with E-state index in [1.165, 1.54) is 24.2 Å². The number of nitrogens with two attached hydrogens (primary N) is 1. The molecule has 0 aliphatic carbocycles. The molecule has 4 nitrogen and oxygen atoms in total. The Morgan fingerprint density at radius 3 is 2.63 bits per heavy atom. The Bertz CT molecular complexity index is 502. The van der Waals surface area contributed by atoms with E-state index in [0.717, 1.165) is 18.4 Å². The van der Waals surface area contributed by atoms with Gasteiger partial charge in [-0.05, 0) is 35.8 Å². The van der Waals surface area contributed by atoms with Crippen LogP contribution in [-0.4, -0.2) is 25.8 Å². The SMILES string of the molecule is CCCC1CCN(S(=O)(=O)c2cc(CN)cs2)CC1. The summed E-state index contributed by atoms with van der Waals surface area (Å²) in [6.45, 7) is 3.89. The Balaban J connectivity index is 2.05. The number of hydrogen-bond donors (Lipinski definition) is 1. The van der Waals surface area contributed by atoms with Crippen LogP contribution >= 0.6 is 11.3 Å². The Kier molecular flexibility index (Phi) is 5.00. The molecule has 0 atom stereocenters. The van der Waals surface area contributed by atoms with Gasteiger partial charge in [0.2, 0.25) is 0 Å². The van der Waals surface area contributed by atoms with Gasteiger partial charge in [0.15, 0.2) is 0 Å². The van der Waals surface area contributed by atoms with Crippen molar-refractivity contribution in [2.45, 2.75) is 43.4 Å². The molecule has 108 valence electrons. The number of hydrogen-bond acceptors (Lipinski definition) is 4. The fourth-order valence-corrected chi connectivity index (χ4v) is 5.41. The zero-order valence-electron chi connectivity index (χ0n) is 11.3. The quantitative estimate of drug-likeness (QED) is 0.908. The molecule has 1 aromatic heterocycles. The van der Waals surface area contributed by atoms with Gasteiger partial charge < -0.3 is 5.73 Å². The molecule has 0 bridgehead atoms. The van der Waals surface area contributed by atoms with Gasteiger partial charge in [0.05, 0.1) is 0 Å². The molecule has 0 saturated carbocycles. The molecule has 1 aromatic rings. The van der Waals surface area contributed by atoms with E-state index in [0.29, 0.717) is 29.8 Å². The summed E-state index contributed by atoms with van der Waals surface area (Å²) >= 11 is 1.28. The summed E-state index contributed by atoms with van der Waals surface area (Å²) < 4.78 is 27.0. The number of rotatable bonds is 5. The maximum Gasteiger partial charge on any atom is 0.252 e. The van der Waals surface area contributed by atoms with Crippen molar-refractivity contribution in [3.8, 4) is 0 Å². The van der Waals surface area contributed by atoms with Crippen molar-refractivity contribution in [2.24, 2.45) is 11.7 Å². The van der Waals surface area contributed by atoms with Crippen molar-refractivity contribution in [2.75, 3.05) is 13.1 Å². The van der Waals surface area contributed by atoms with E-state index in [9.17, 15) is 8.42 Å². The summed E-state index contributed by atoms with van der Waals surface area (Å²) in [5, 5.41) is 1.83. The highest BCUT2D eigenvalue weighted by molar-refractivity contribution is 7.91. The van der Waals surface area contributed by atoms with Crippen molar-refractivity contribution >= 4 is 21.4 Å². The zero-order chi connectivity index (χ0) is 13.9. The summed E-state index contributed by atoms with van der Waals surface area (Å²) in [5.74, 6) is 0.694. The summed E-state index contributed by atoms with van der Waals surface area (Å²) in [6.07, 6.45) is 4.37. The molecule has 1 saturated heterocycles. The fraction of sp³-hybridized carbons (Fsp3) is 0.692. The first-order chi connectivity index (χ1) is 9.07. The third-order valence-electron chi connectivity index (χ3n) is 3.73. The topological polar surface area (TPSA) is 63.4 Å². The average Bonchev–Trinajstić information content (AvgIpc) is 2.89. The second kappa shape index (κ2) is 6.35. The van der Waals surface area contributed by atoms with Crippen LogP contribution in [0.25, 0.3) is 0 Å². The number of piperidine rings is 1. The third kappa shape index (κ3) is 3.37. The van der Waals surface area contributed by atoms with E-state index in [4.69, 9.17) is 5.73 Å². The van der Waals surface area contributed by atoms with Crippen LogP contribution in [0.2, 0.25) is 0 Å². The largest absolute Gasteiger partial charge is 0.326 e. The van der Waals surface area contributed by atoms with Crippen molar-refractivity contribution < 1.29 is 8.42 Å². The molecule has 19 heavy (non-hydrogen) atoms. The van der Waals surface area contributed by atoms with Gasteiger partial charge in [0, 0.05) is 19.6 Å². The lowest BCUT2D eigenvalue weighted by atomic mass is 9.94. The van der Waals surface area contributed by atoms with Crippen LogP contribution in [0, 0.1) is 5.92 Å². The highest BCUT2D eigenvalue weighted by Gasteiger charge is 2.29. The Morgan fingerprint density at radius 2 is 2.11 bits per heavy atom. The van der Waals surface area contributed by atoms with Gasteiger partial charge in [-0.25, -0.2) is 8.42 Å². The van der Waals surface area contributed by atoms with E-state index >= 15 is 0 Å². The first-order valence-electron chi connectivity index (χ1n) is 6.85. The summed E-state index contributed by atoms with van der Waals surface area (Å²) in [5.41, 5.74) is 6.43. The molecule has 0 spiro atoms. The van der Waals surface area contributed by atoms with Gasteiger partial charge in [-0.15, -0.1) is 11.3 Å². The molecule has 0 radical (unpaired) electrons. The first kappa shape index (κ1) is 15.0. The van der Waals surface area contributed by atoms with Gasteiger partial charge in [-0.3, -0.25) is 0 Å². The average molecular weight is 302 g/mol. The van der Waals surface area contributed by atoms with Crippen LogP contribution in [0.1, 0.15) is 38.2 Å². The second-order valence-corrected chi connectivity index (χ2v) is 8.19. The molecule has 6 heteroatoms. The minimum Gasteiger partial charge on any atom is -0.326 e. The molecule has 2 N–H and O–H groups in total. The van der Waals surface area contributed by atoms with Crippen LogP contribution in [-0.2, 0) is 16.6 Å². The van der Waals surface area contributed by atoms with E-state index in [1.54, 1.807) is 10.4 Å². The standard InChI is InChI=1S/C13H22N2O2S2/c1-2-3-11-4-6-15(7-5-11)19(16,17)13-8-12(9-14)10-18-13/h8,10-11H,2-7,9,14H2,1H3. The van der Waals surface area contributed by atoms with Crippen molar-refractivity contribution in [1.29, 1.82) is 0 Å². The van der Waals surface area contributed by atoms with E-state index in [2.05, 4.69) is 6.92 Å². The predicted molar refractivity (Wildman–Crippen MR) is 78.6 cm³/mol. The number of thiophene rings is 1. The Labute approximate surface area is 119 Å². The Hall–Kier alpha value is -0.430. The van der Waals surface area contributed by atoms with Gasteiger partial charge in [-0.2, -0.15) is 4.31 Å². The minimum absolute atomic E-state index is 0.393. The maximum atomic E-state index is 12.5. The van der Waals surface area contributed by atoms with Gasteiger partial charge in [0.1, 0.15) is 4.21 Å². The van der Waals surface area contributed by atoms with Crippen LogP contribution in [0.5, 0.6) is 0 Å². The molecule has 1 aliphatic heterocycles. The lowest BCUT2D eigenvalue weighted by molar-refractivity contribution is 0.262. The maximum absolute atomic E-state index is 12.5. The molecular formula is C13H22N2O2S2. The Morgan fingerprint density at radius 1 is 1.42 bits per heavy atom. The zero-order valence-corrected chi connectivity index (χ0v) is 13.0.